The highest BCUT2D eigenvalue weighted by Crippen LogP contribution is 2.17. The number of benzene rings is 2. The first-order valence-electron chi connectivity index (χ1n) is 7.18. The maximum absolute atomic E-state index is 3.53. The van der Waals surface area contributed by atoms with E-state index >= 15 is 0 Å². The maximum Gasteiger partial charge on any atom is 0.0211 e. The summed E-state index contributed by atoms with van der Waals surface area (Å²) in [6.07, 6.45) is 1.17. The summed E-state index contributed by atoms with van der Waals surface area (Å²) in [4.78, 5) is 0. The number of nitrogens with one attached hydrogen (secondary N) is 2. The lowest BCUT2D eigenvalue weighted by Crippen LogP contribution is -2.26. The van der Waals surface area contributed by atoms with Crippen LogP contribution in [0.1, 0.15) is 25.8 Å². The molecule has 0 spiro atoms. The molecular formula is C17H24N2. The van der Waals surface area contributed by atoms with Gasteiger partial charge in [-0.1, -0.05) is 56.3 Å². The Labute approximate surface area is 116 Å². The zero-order valence-electron chi connectivity index (χ0n) is 11.9. The third kappa shape index (κ3) is 4.34. The Kier molecular flexibility index (Phi) is 5.37. The molecular weight excluding hydrogens is 232 g/mol. The molecule has 0 unspecified atom stereocenters. The molecule has 0 saturated heterocycles. The zero-order chi connectivity index (χ0) is 13.5. The van der Waals surface area contributed by atoms with Gasteiger partial charge in [0.05, 0.1) is 0 Å². The maximum atomic E-state index is 3.53. The highest BCUT2D eigenvalue weighted by atomic mass is 14.9. The lowest BCUT2D eigenvalue weighted by atomic mass is 10.0. The summed E-state index contributed by atoms with van der Waals surface area (Å²) >= 11 is 0. The first kappa shape index (κ1) is 14.0. The minimum absolute atomic E-state index is 0.582. The van der Waals surface area contributed by atoms with Gasteiger partial charge in [-0.2, -0.15) is 0 Å². The van der Waals surface area contributed by atoms with Crippen molar-refractivity contribution in [2.24, 2.45) is 0 Å². The van der Waals surface area contributed by atoms with Gasteiger partial charge >= 0.3 is 0 Å². The normalized spacial score (nSPS) is 11.3. The fourth-order valence-electron chi connectivity index (χ4n) is 2.27. The Balaban J connectivity index is 1.82. The van der Waals surface area contributed by atoms with E-state index in [-0.39, 0.29) is 0 Å². The van der Waals surface area contributed by atoms with Gasteiger partial charge in [-0.15, -0.1) is 0 Å². The third-order valence-corrected chi connectivity index (χ3v) is 3.28. The predicted molar refractivity (Wildman–Crippen MR) is 83.4 cm³/mol. The molecule has 2 heteroatoms. The Bertz CT molecular complexity index is 500. The summed E-state index contributed by atoms with van der Waals surface area (Å²) in [6.45, 7) is 7.46. The summed E-state index contributed by atoms with van der Waals surface area (Å²) in [5.74, 6) is 0. The van der Waals surface area contributed by atoms with Crippen LogP contribution in [0.2, 0.25) is 0 Å². The average Bonchev–Trinajstić information content (AvgIpc) is 2.42. The molecule has 2 nitrogen and oxygen atoms in total. The van der Waals surface area contributed by atoms with E-state index in [0.717, 1.165) is 19.6 Å². The van der Waals surface area contributed by atoms with Crippen LogP contribution in [-0.4, -0.2) is 19.1 Å². The quantitative estimate of drug-likeness (QED) is 0.743. The standard InChI is InChI=1S/C17H24N2/c1-14(2)19-12-6-11-18-13-16-9-5-8-15-7-3-4-10-17(15)16/h3-5,7-10,14,18-19H,6,11-13H2,1-2H3. The molecule has 2 aromatic rings. The van der Waals surface area contributed by atoms with Crippen molar-refractivity contribution >= 4 is 10.8 Å². The minimum Gasteiger partial charge on any atom is -0.314 e. The molecule has 0 aromatic heterocycles. The second-order valence-corrected chi connectivity index (χ2v) is 5.28. The average molecular weight is 256 g/mol. The van der Waals surface area contributed by atoms with Crippen molar-refractivity contribution in [1.82, 2.24) is 10.6 Å². The van der Waals surface area contributed by atoms with Crippen LogP contribution in [0, 0.1) is 0 Å². The van der Waals surface area contributed by atoms with Crippen LogP contribution < -0.4 is 10.6 Å². The molecule has 19 heavy (non-hydrogen) atoms. The molecule has 0 fully saturated rings. The predicted octanol–water partition coefficient (Wildman–Crippen LogP) is 3.32. The molecule has 2 rings (SSSR count). The van der Waals surface area contributed by atoms with Gasteiger partial charge in [0.15, 0.2) is 0 Å². The van der Waals surface area contributed by atoms with Crippen molar-refractivity contribution in [1.29, 1.82) is 0 Å². The molecule has 0 heterocycles. The van der Waals surface area contributed by atoms with Crippen LogP contribution in [0.15, 0.2) is 42.5 Å². The summed E-state index contributed by atoms with van der Waals surface area (Å²) in [6, 6.07) is 15.7. The Morgan fingerprint density at radius 1 is 0.947 bits per heavy atom. The van der Waals surface area contributed by atoms with Gasteiger partial charge in [0.2, 0.25) is 0 Å². The largest absolute Gasteiger partial charge is 0.314 e. The highest BCUT2D eigenvalue weighted by molar-refractivity contribution is 5.85. The van der Waals surface area contributed by atoms with E-state index in [9.17, 15) is 0 Å². The summed E-state index contributed by atoms with van der Waals surface area (Å²) in [5, 5.41) is 9.64. The number of hydrogen-bond acceptors (Lipinski definition) is 2. The fourth-order valence-corrected chi connectivity index (χ4v) is 2.27. The van der Waals surface area contributed by atoms with Crippen molar-refractivity contribution in [3.63, 3.8) is 0 Å². The lowest BCUT2D eigenvalue weighted by Gasteiger charge is -2.10. The molecule has 0 atom stereocenters. The second-order valence-electron chi connectivity index (χ2n) is 5.28. The van der Waals surface area contributed by atoms with Crippen LogP contribution in [0.3, 0.4) is 0 Å². The van der Waals surface area contributed by atoms with Gasteiger partial charge in [-0.05, 0) is 35.8 Å². The Morgan fingerprint density at radius 2 is 1.74 bits per heavy atom. The van der Waals surface area contributed by atoms with Gasteiger partial charge in [-0.25, -0.2) is 0 Å². The molecule has 2 aromatic carbocycles. The van der Waals surface area contributed by atoms with E-state index in [1.165, 1.54) is 22.8 Å². The molecule has 0 aliphatic rings. The summed E-state index contributed by atoms with van der Waals surface area (Å²) in [5.41, 5.74) is 1.38. The van der Waals surface area contributed by atoms with Gasteiger partial charge in [-0.3, -0.25) is 0 Å². The molecule has 0 amide bonds. The molecule has 102 valence electrons. The lowest BCUT2D eigenvalue weighted by molar-refractivity contribution is 0.548. The smallest absolute Gasteiger partial charge is 0.0211 e. The SMILES string of the molecule is CC(C)NCCCNCc1cccc2ccccc12. The number of hydrogen-bond donors (Lipinski definition) is 2. The van der Waals surface area contributed by atoms with Crippen LogP contribution >= 0.6 is 0 Å². The van der Waals surface area contributed by atoms with Crippen molar-refractivity contribution in [2.45, 2.75) is 32.9 Å². The van der Waals surface area contributed by atoms with Crippen molar-refractivity contribution in [3.8, 4) is 0 Å². The van der Waals surface area contributed by atoms with E-state index in [2.05, 4.69) is 66.9 Å². The van der Waals surface area contributed by atoms with Crippen LogP contribution in [0.4, 0.5) is 0 Å². The van der Waals surface area contributed by atoms with Crippen LogP contribution in [0.25, 0.3) is 10.8 Å². The minimum atomic E-state index is 0.582. The molecule has 0 aliphatic carbocycles. The molecule has 0 bridgehead atoms. The van der Waals surface area contributed by atoms with Crippen molar-refractivity contribution in [2.75, 3.05) is 13.1 Å². The topological polar surface area (TPSA) is 24.1 Å². The molecule has 0 aliphatic heterocycles. The van der Waals surface area contributed by atoms with E-state index in [4.69, 9.17) is 0 Å². The molecule has 2 N–H and O–H groups in total. The zero-order valence-corrected chi connectivity index (χ0v) is 11.9. The Morgan fingerprint density at radius 3 is 2.58 bits per heavy atom. The van der Waals surface area contributed by atoms with Gasteiger partial charge < -0.3 is 10.6 Å². The molecule has 0 radical (unpaired) electrons. The van der Waals surface area contributed by atoms with Gasteiger partial charge in [0.1, 0.15) is 0 Å². The van der Waals surface area contributed by atoms with Crippen LogP contribution in [0.5, 0.6) is 0 Å². The number of fused-ring (bicyclic) bond motifs is 1. The van der Waals surface area contributed by atoms with E-state index in [1.54, 1.807) is 0 Å². The second kappa shape index (κ2) is 7.27. The summed E-state index contributed by atoms with van der Waals surface area (Å²) in [7, 11) is 0. The summed E-state index contributed by atoms with van der Waals surface area (Å²) < 4.78 is 0. The fraction of sp³-hybridized carbons (Fsp3) is 0.412. The van der Waals surface area contributed by atoms with E-state index in [1.807, 2.05) is 0 Å². The monoisotopic (exact) mass is 256 g/mol. The van der Waals surface area contributed by atoms with Crippen molar-refractivity contribution < 1.29 is 0 Å². The first-order valence-corrected chi connectivity index (χ1v) is 7.18. The van der Waals surface area contributed by atoms with Crippen molar-refractivity contribution in [3.05, 3.63) is 48.0 Å². The third-order valence-electron chi connectivity index (χ3n) is 3.28. The molecule has 0 saturated carbocycles. The van der Waals surface area contributed by atoms with Gasteiger partial charge in [0, 0.05) is 12.6 Å². The number of rotatable bonds is 7. The Hall–Kier alpha value is -1.38. The van der Waals surface area contributed by atoms with Crippen LogP contribution in [-0.2, 0) is 6.54 Å². The van der Waals surface area contributed by atoms with E-state index in [0.29, 0.717) is 6.04 Å². The van der Waals surface area contributed by atoms with E-state index < -0.39 is 0 Å². The first-order chi connectivity index (χ1) is 9.27. The van der Waals surface area contributed by atoms with Gasteiger partial charge in [0.25, 0.3) is 0 Å². The highest BCUT2D eigenvalue weighted by Gasteiger charge is 1.99.